The molecule has 0 aromatic carbocycles. The summed E-state index contributed by atoms with van der Waals surface area (Å²) in [6, 6.07) is 0. The fourth-order valence-corrected chi connectivity index (χ4v) is 1.25. The molecule has 2 heterocycles. The molecule has 0 aromatic rings. The van der Waals surface area contributed by atoms with E-state index in [9.17, 15) is 0 Å². The maximum atomic E-state index is 8.86. The molecule has 2 aliphatic rings. The first-order chi connectivity index (χ1) is 5.77. The Kier molecular flexibility index (Phi) is 1.67. The van der Waals surface area contributed by atoms with E-state index >= 15 is 0 Å². The third-order valence-corrected chi connectivity index (χ3v) is 1.90. The van der Waals surface area contributed by atoms with E-state index in [-0.39, 0.29) is 6.17 Å². The maximum Gasteiger partial charge on any atom is 0.489 e. The van der Waals surface area contributed by atoms with Crippen LogP contribution in [0, 0.1) is 0 Å². The largest absolute Gasteiger partial charge is 0.489 e. The molecule has 0 fully saturated rings. The average Bonchev–Trinajstić information content (AvgIpc) is 2.49. The molecule has 5 heteroatoms. The smallest absolute Gasteiger partial charge is 0.423 e. The molecule has 12 heavy (non-hydrogen) atoms. The monoisotopic (exact) mass is 164 g/mol. The van der Waals surface area contributed by atoms with Crippen molar-refractivity contribution in [3.8, 4) is 0 Å². The van der Waals surface area contributed by atoms with Crippen LogP contribution < -0.4 is 5.32 Å². The Hall–Kier alpha value is -1.20. The fraction of sp³-hybridized carbons (Fsp3) is 0.143. The van der Waals surface area contributed by atoms with Crippen LogP contribution in [0.5, 0.6) is 0 Å². The minimum Gasteiger partial charge on any atom is -0.423 e. The second-order valence-electron chi connectivity index (χ2n) is 2.74. The Bertz CT molecular complexity index is 273. The van der Waals surface area contributed by atoms with Crippen molar-refractivity contribution in [3.05, 3.63) is 36.2 Å². The lowest BCUT2D eigenvalue weighted by Crippen LogP contribution is -2.33. The Morgan fingerprint density at radius 1 is 1.50 bits per heavy atom. The summed E-state index contributed by atoms with van der Waals surface area (Å²) < 4.78 is 0. The van der Waals surface area contributed by atoms with Gasteiger partial charge in [0.05, 0.1) is 0 Å². The molecule has 0 amide bonds. The lowest BCUT2D eigenvalue weighted by atomic mass is 9.79. The molecule has 2 rings (SSSR count). The quantitative estimate of drug-likeness (QED) is 0.442. The number of allylic oxidation sites excluding steroid dienone is 2. The molecule has 0 saturated heterocycles. The van der Waals surface area contributed by atoms with Gasteiger partial charge in [0.2, 0.25) is 0 Å². The molecule has 62 valence electrons. The van der Waals surface area contributed by atoms with Crippen molar-refractivity contribution in [2.45, 2.75) is 6.17 Å². The number of hydrogen-bond donors (Lipinski definition) is 3. The molecule has 0 radical (unpaired) electrons. The lowest BCUT2D eigenvalue weighted by Gasteiger charge is -2.23. The van der Waals surface area contributed by atoms with Gasteiger partial charge < -0.3 is 20.3 Å². The highest BCUT2D eigenvalue weighted by Crippen LogP contribution is 2.16. The van der Waals surface area contributed by atoms with E-state index in [2.05, 4.69) is 5.32 Å². The summed E-state index contributed by atoms with van der Waals surface area (Å²) in [5.74, 6) is 0. The zero-order chi connectivity index (χ0) is 8.55. The van der Waals surface area contributed by atoms with E-state index in [4.69, 9.17) is 10.0 Å². The lowest BCUT2D eigenvalue weighted by molar-refractivity contribution is 0.403. The van der Waals surface area contributed by atoms with Crippen molar-refractivity contribution in [2.24, 2.45) is 0 Å². The van der Waals surface area contributed by atoms with Crippen LogP contribution in [0.4, 0.5) is 0 Å². The highest BCUT2D eigenvalue weighted by Gasteiger charge is 2.22. The van der Waals surface area contributed by atoms with Gasteiger partial charge in [0.15, 0.2) is 0 Å². The zero-order valence-corrected chi connectivity index (χ0v) is 6.38. The van der Waals surface area contributed by atoms with Crippen LogP contribution in [-0.2, 0) is 0 Å². The molecule has 3 N–H and O–H groups in total. The Labute approximate surface area is 70.6 Å². The van der Waals surface area contributed by atoms with Crippen molar-refractivity contribution < 1.29 is 10.0 Å². The molecule has 2 aliphatic heterocycles. The van der Waals surface area contributed by atoms with E-state index in [0.717, 1.165) is 0 Å². The van der Waals surface area contributed by atoms with Gasteiger partial charge in [-0.15, -0.1) is 0 Å². The van der Waals surface area contributed by atoms with Crippen LogP contribution in [0.25, 0.3) is 0 Å². The molecule has 1 unspecified atom stereocenters. The maximum absolute atomic E-state index is 8.86. The number of nitrogens with one attached hydrogen (secondary N) is 1. The summed E-state index contributed by atoms with van der Waals surface area (Å²) in [7, 11) is -1.39. The van der Waals surface area contributed by atoms with E-state index in [1.54, 1.807) is 12.3 Å². The SMILES string of the molecule is OB(O)C1=CN2C=CNC2C=C1. The van der Waals surface area contributed by atoms with E-state index < -0.39 is 7.12 Å². The molecule has 0 aliphatic carbocycles. The summed E-state index contributed by atoms with van der Waals surface area (Å²) >= 11 is 0. The first-order valence-electron chi connectivity index (χ1n) is 3.73. The molecular formula is C7H9BN2O2. The van der Waals surface area contributed by atoms with Gasteiger partial charge in [-0.3, -0.25) is 0 Å². The van der Waals surface area contributed by atoms with Gasteiger partial charge in [-0.05, 0) is 11.5 Å². The Morgan fingerprint density at radius 3 is 3.08 bits per heavy atom. The third kappa shape index (κ3) is 1.13. The summed E-state index contributed by atoms with van der Waals surface area (Å²) in [6.45, 7) is 0. The minimum absolute atomic E-state index is 0.132. The zero-order valence-electron chi connectivity index (χ0n) is 6.38. The van der Waals surface area contributed by atoms with E-state index in [1.165, 1.54) is 0 Å². The predicted molar refractivity (Wildman–Crippen MR) is 45.3 cm³/mol. The van der Waals surface area contributed by atoms with Crippen LogP contribution in [0.15, 0.2) is 36.2 Å². The van der Waals surface area contributed by atoms with Gasteiger partial charge in [0, 0.05) is 18.6 Å². The van der Waals surface area contributed by atoms with Crippen LogP contribution in [0.2, 0.25) is 0 Å². The average molecular weight is 164 g/mol. The minimum atomic E-state index is -1.39. The number of hydrogen-bond acceptors (Lipinski definition) is 4. The molecular weight excluding hydrogens is 155 g/mol. The third-order valence-electron chi connectivity index (χ3n) is 1.90. The second kappa shape index (κ2) is 2.69. The number of rotatable bonds is 1. The predicted octanol–water partition coefficient (Wildman–Crippen LogP) is -0.845. The summed E-state index contributed by atoms with van der Waals surface area (Å²) in [5, 5.41) is 20.8. The van der Waals surface area contributed by atoms with Gasteiger partial charge >= 0.3 is 7.12 Å². The highest BCUT2D eigenvalue weighted by molar-refractivity contribution is 6.51. The van der Waals surface area contributed by atoms with E-state index in [1.807, 2.05) is 23.4 Å². The number of nitrogens with zero attached hydrogens (tertiary/aromatic N) is 1. The Balaban J connectivity index is 2.20. The van der Waals surface area contributed by atoms with E-state index in [0.29, 0.717) is 5.47 Å². The second-order valence-corrected chi connectivity index (χ2v) is 2.74. The molecule has 4 nitrogen and oxygen atoms in total. The Morgan fingerprint density at radius 2 is 2.33 bits per heavy atom. The van der Waals surface area contributed by atoms with Crippen LogP contribution >= 0.6 is 0 Å². The first kappa shape index (κ1) is 7.45. The van der Waals surface area contributed by atoms with Crippen molar-refractivity contribution in [1.82, 2.24) is 10.2 Å². The van der Waals surface area contributed by atoms with Crippen molar-refractivity contribution >= 4 is 7.12 Å². The molecule has 0 aromatic heterocycles. The summed E-state index contributed by atoms with van der Waals surface area (Å²) in [6.07, 6.45) is 9.06. The van der Waals surface area contributed by atoms with Crippen molar-refractivity contribution in [2.75, 3.05) is 0 Å². The van der Waals surface area contributed by atoms with Gasteiger partial charge in [0.25, 0.3) is 0 Å². The first-order valence-corrected chi connectivity index (χ1v) is 3.73. The molecule has 0 saturated carbocycles. The van der Waals surface area contributed by atoms with Gasteiger partial charge in [-0.2, -0.15) is 0 Å². The van der Waals surface area contributed by atoms with Gasteiger partial charge in [0.1, 0.15) is 6.17 Å². The standard InChI is InChI=1S/C7H9BN2O2/c11-8(12)6-1-2-7-9-3-4-10(7)5-6/h1-5,7,9,11-12H. The number of fused-ring (bicyclic) bond motifs is 1. The summed E-state index contributed by atoms with van der Waals surface area (Å²) in [4.78, 5) is 1.87. The fourth-order valence-electron chi connectivity index (χ4n) is 1.25. The van der Waals surface area contributed by atoms with Crippen LogP contribution in [0.3, 0.4) is 0 Å². The van der Waals surface area contributed by atoms with Crippen molar-refractivity contribution in [3.63, 3.8) is 0 Å². The molecule has 0 bridgehead atoms. The topological polar surface area (TPSA) is 55.7 Å². The molecule has 0 spiro atoms. The van der Waals surface area contributed by atoms with Crippen molar-refractivity contribution in [1.29, 1.82) is 0 Å². The van der Waals surface area contributed by atoms with Gasteiger partial charge in [-0.25, -0.2) is 0 Å². The summed E-state index contributed by atoms with van der Waals surface area (Å²) in [5.41, 5.74) is 0.500. The van der Waals surface area contributed by atoms with Crippen LogP contribution in [-0.4, -0.2) is 28.2 Å². The highest BCUT2D eigenvalue weighted by atomic mass is 16.4. The van der Waals surface area contributed by atoms with Crippen LogP contribution in [0.1, 0.15) is 0 Å². The van der Waals surface area contributed by atoms with Gasteiger partial charge in [-0.1, -0.05) is 6.08 Å². The normalized spacial score (nSPS) is 25.0. The molecule has 1 atom stereocenters.